The molecule has 84 valence electrons. The van der Waals surface area contributed by atoms with Gasteiger partial charge in [-0.3, -0.25) is 0 Å². The first-order valence-electron chi connectivity index (χ1n) is 4.71. The second kappa shape index (κ2) is 4.67. The van der Waals surface area contributed by atoms with E-state index in [0.29, 0.717) is 17.1 Å². The van der Waals surface area contributed by atoms with E-state index in [1.165, 1.54) is 11.3 Å². The van der Waals surface area contributed by atoms with Crippen LogP contribution in [0.2, 0.25) is 0 Å². The molecule has 0 saturated carbocycles. The Balaban J connectivity index is 2.38. The van der Waals surface area contributed by atoms with Crippen LogP contribution in [0.25, 0.3) is 11.3 Å². The van der Waals surface area contributed by atoms with E-state index in [1.807, 2.05) is 0 Å². The molecular formula is C11H9F2NOS. The number of benzene rings is 1. The highest BCUT2D eigenvalue weighted by molar-refractivity contribution is 7.09. The van der Waals surface area contributed by atoms with Gasteiger partial charge in [0.2, 0.25) is 0 Å². The summed E-state index contributed by atoms with van der Waals surface area (Å²) in [7, 11) is 0. The minimum Gasteiger partial charge on any atom is -0.396 e. The van der Waals surface area contributed by atoms with Crippen LogP contribution >= 0.6 is 11.3 Å². The van der Waals surface area contributed by atoms with Gasteiger partial charge in [-0.2, -0.15) is 0 Å². The molecule has 1 N–H and O–H groups in total. The molecule has 1 aromatic heterocycles. The fourth-order valence-corrected chi connectivity index (χ4v) is 2.13. The Morgan fingerprint density at radius 3 is 2.88 bits per heavy atom. The number of aliphatic hydroxyl groups excluding tert-OH is 1. The molecule has 1 aromatic carbocycles. The average molecular weight is 241 g/mol. The second-order valence-electron chi connectivity index (χ2n) is 3.22. The summed E-state index contributed by atoms with van der Waals surface area (Å²) in [6.45, 7) is -0.00140. The van der Waals surface area contributed by atoms with Gasteiger partial charge in [-0.25, -0.2) is 13.8 Å². The van der Waals surface area contributed by atoms with E-state index in [1.54, 1.807) is 5.38 Å². The highest BCUT2D eigenvalue weighted by Gasteiger charge is 2.10. The van der Waals surface area contributed by atoms with Crippen molar-refractivity contribution in [1.29, 1.82) is 0 Å². The maximum Gasteiger partial charge on any atom is 0.132 e. The summed E-state index contributed by atoms with van der Waals surface area (Å²) < 4.78 is 26.4. The molecule has 5 heteroatoms. The number of aromatic nitrogens is 1. The summed E-state index contributed by atoms with van der Waals surface area (Å²) in [4.78, 5) is 4.12. The lowest BCUT2D eigenvalue weighted by Gasteiger charge is -1.99. The van der Waals surface area contributed by atoms with E-state index in [0.717, 1.165) is 18.2 Å². The van der Waals surface area contributed by atoms with Crippen molar-refractivity contribution in [1.82, 2.24) is 4.98 Å². The van der Waals surface area contributed by atoms with Crippen LogP contribution in [0.5, 0.6) is 0 Å². The lowest BCUT2D eigenvalue weighted by atomic mass is 10.1. The Hall–Kier alpha value is -1.33. The fourth-order valence-electron chi connectivity index (χ4n) is 1.34. The van der Waals surface area contributed by atoms with Crippen LogP contribution < -0.4 is 0 Å². The van der Waals surface area contributed by atoms with Crippen LogP contribution in [0.1, 0.15) is 5.01 Å². The van der Waals surface area contributed by atoms with Crippen molar-refractivity contribution >= 4 is 11.3 Å². The Labute approximate surface area is 95.2 Å². The molecule has 0 aliphatic rings. The van der Waals surface area contributed by atoms with Gasteiger partial charge in [0.15, 0.2) is 0 Å². The van der Waals surface area contributed by atoms with Gasteiger partial charge in [0.05, 0.1) is 10.7 Å². The molecule has 0 aliphatic carbocycles. The smallest absolute Gasteiger partial charge is 0.132 e. The number of thiazole rings is 1. The van der Waals surface area contributed by atoms with Crippen molar-refractivity contribution in [3.8, 4) is 11.3 Å². The van der Waals surface area contributed by atoms with Crippen LogP contribution in [0, 0.1) is 11.6 Å². The first-order valence-corrected chi connectivity index (χ1v) is 5.59. The van der Waals surface area contributed by atoms with Crippen molar-refractivity contribution < 1.29 is 13.9 Å². The molecule has 0 atom stereocenters. The molecule has 0 fully saturated rings. The average Bonchev–Trinajstić information content (AvgIpc) is 2.71. The number of hydrogen-bond donors (Lipinski definition) is 1. The number of nitrogens with zero attached hydrogens (tertiary/aromatic N) is 1. The number of aliphatic hydroxyl groups is 1. The van der Waals surface area contributed by atoms with Crippen molar-refractivity contribution in [2.75, 3.05) is 6.61 Å². The fraction of sp³-hybridized carbons (Fsp3) is 0.182. The molecule has 0 amide bonds. The van der Waals surface area contributed by atoms with Gasteiger partial charge < -0.3 is 5.11 Å². The third-order valence-electron chi connectivity index (χ3n) is 2.08. The SMILES string of the molecule is OCCc1nc(-c2cc(F)ccc2F)cs1. The summed E-state index contributed by atoms with van der Waals surface area (Å²) in [5.41, 5.74) is 0.561. The highest BCUT2D eigenvalue weighted by Crippen LogP contribution is 2.25. The van der Waals surface area contributed by atoms with Crippen LogP contribution in [0.15, 0.2) is 23.6 Å². The standard InChI is InChI=1S/C11H9F2NOS/c12-7-1-2-9(13)8(5-7)10-6-16-11(14-10)3-4-15/h1-2,5-6,15H,3-4H2. The predicted molar refractivity (Wildman–Crippen MR) is 58.3 cm³/mol. The quantitative estimate of drug-likeness (QED) is 0.896. The molecular weight excluding hydrogens is 232 g/mol. The van der Waals surface area contributed by atoms with Gasteiger partial charge in [0.25, 0.3) is 0 Å². The topological polar surface area (TPSA) is 33.1 Å². The monoisotopic (exact) mass is 241 g/mol. The van der Waals surface area contributed by atoms with Crippen molar-refractivity contribution in [3.05, 3.63) is 40.2 Å². The molecule has 2 aromatic rings. The van der Waals surface area contributed by atoms with Gasteiger partial charge in [-0.05, 0) is 18.2 Å². The van der Waals surface area contributed by atoms with E-state index >= 15 is 0 Å². The van der Waals surface area contributed by atoms with Crippen LogP contribution in [0.3, 0.4) is 0 Å². The minimum absolute atomic E-state index is 0.00140. The summed E-state index contributed by atoms with van der Waals surface area (Å²) in [6, 6.07) is 3.27. The largest absolute Gasteiger partial charge is 0.396 e. The number of hydrogen-bond acceptors (Lipinski definition) is 3. The van der Waals surface area contributed by atoms with E-state index < -0.39 is 11.6 Å². The summed E-state index contributed by atoms with van der Waals surface area (Å²) in [5, 5.41) is 11.1. The Bertz CT molecular complexity index is 498. The molecule has 1 heterocycles. The van der Waals surface area contributed by atoms with Crippen LogP contribution in [0.4, 0.5) is 8.78 Å². The van der Waals surface area contributed by atoms with Crippen molar-refractivity contribution in [2.24, 2.45) is 0 Å². The normalized spacial score (nSPS) is 10.7. The van der Waals surface area contributed by atoms with Gasteiger partial charge in [-0.15, -0.1) is 11.3 Å². The summed E-state index contributed by atoms with van der Waals surface area (Å²) >= 11 is 1.32. The van der Waals surface area contributed by atoms with E-state index in [4.69, 9.17) is 5.11 Å². The molecule has 16 heavy (non-hydrogen) atoms. The highest BCUT2D eigenvalue weighted by atomic mass is 32.1. The van der Waals surface area contributed by atoms with Gasteiger partial charge >= 0.3 is 0 Å². The van der Waals surface area contributed by atoms with E-state index in [2.05, 4.69) is 4.98 Å². The predicted octanol–water partition coefficient (Wildman–Crippen LogP) is 2.62. The first-order chi connectivity index (χ1) is 7.70. The Morgan fingerprint density at radius 2 is 2.12 bits per heavy atom. The third-order valence-corrected chi connectivity index (χ3v) is 2.99. The molecule has 0 aliphatic heterocycles. The number of halogens is 2. The number of rotatable bonds is 3. The van der Waals surface area contributed by atoms with Crippen molar-refractivity contribution in [3.63, 3.8) is 0 Å². The molecule has 0 spiro atoms. The summed E-state index contributed by atoms with van der Waals surface area (Å²) in [5.74, 6) is -0.990. The molecule has 2 rings (SSSR count). The molecule has 0 unspecified atom stereocenters. The minimum atomic E-state index is -0.498. The van der Waals surface area contributed by atoms with Crippen LogP contribution in [-0.2, 0) is 6.42 Å². The maximum atomic E-state index is 13.4. The second-order valence-corrected chi connectivity index (χ2v) is 4.17. The zero-order chi connectivity index (χ0) is 11.5. The zero-order valence-electron chi connectivity index (χ0n) is 8.28. The molecule has 0 bridgehead atoms. The van der Waals surface area contributed by atoms with Gasteiger partial charge in [0, 0.05) is 24.0 Å². The lowest BCUT2D eigenvalue weighted by Crippen LogP contribution is -1.90. The van der Waals surface area contributed by atoms with E-state index in [9.17, 15) is 8.78 Å². The zero-order valence-corrected chi connectivity index (χ0v) is 9.10. The lowest BCUT2D eigenvalue weighted by molar-refractivity contribution is 0.299. The molecule has 0 saturated heterocycles. The maximum absolute atomic E-state index is 13.4. The Kier molecular flexibility index (Phi) is 3.26. The third kappa shape index (κ3) is 2.25. The van der Waals surface area contributed by atoms with Crippen molar-refractivity contribution in [2.45, 2.75) is 6.42 Å². The van der Waals surface area contributed by atoms with Crippen LogP contribution in [-0.4, -0.2) is 16.7 Å². The molecule has 2 nitrogen and oxygen atoms in total. The van der Waals surface area contributed by atoms with Gasteiger partial charge in [-0.1, -0.05) is 0 Å². The summed E-state index contributed by atoms with van der Waals surface area (Å²) in [6.07, 6.45) is 0.432. The first kappa shape index (κ1) is 11.2. The van der Waals surface area contributed by atoms with Gasteiger partial charge in [0.1, 0.15) is 11.6 Å². The molecule has 0 radical (unpaired) electrons. The van der Waals surface area contributed by atoms with E-state index in [-0.39, 0.29) is 12.2 Å². The Morgan fingerprint density at radius 1 is 1.31 bits per heavy atom.